The molecule has 2 rings (SSSR count). The summed E-state index contributed by atoms with van der Waals surface area (Å²) in [6.45, 7) is 1.88. The van der Waals surface area contributed by atoms with Crippen LogP contribution in [0.2, 0.25) is 0 Å². The Balaban J connectivity index is 1.93. The molecule has 0 bridgehead atoms. The Bertz CT molecular complexity index is 489. The lowest BCUT2D eigenvalue weighted by atomic mass is 10.0. The van der Waals surface area contributed by atoms with Gasteiger partial charge in [0.25, 0.3) is 0 Å². The van der Waals surface area contributed by atoms with E-state index >= 15 is 0 Å². The molecule has 1 N–H and O–H groups in total. The van der Waals surface area contributed by atoms with Crippen molar-refractivity contribution in [1.29, 1.82) is 0 Å². The van der Waals surface area contributed by atoms with Gasteiger partial charge < -0.3 is 10.1 Å². The molecule has 0 aliphatic heterocycles. The molecule has 1 saturated carbocycles. The van der Waals surface area contributed by atoms with Crippen molar-refractivity contribution in [2.45, 2.75) is 45.4 Å². The molecule has 0 aromatic carbocycles. The van der Waals surface area contributed by atoms with Gasteiger partial charge in [-0.1, -0.05) is 25.7 Å². The van der Waals surface area contributed by atoms with Gasteiger partial charge in [-0.2, -0.15) is 0 Å². The van der Waals surface area contributed by atoms with Crippen LogP contribution in [0.3, 0.4) is 0 Å². The highest BCUT2D eigenvalue weighted by Crippen LogP contribution is 2.30. The molecule has 1 aliphatic rings. The molecule has 1 heterocycles. The summed E-state index contributed by atoms with van der Waals surface area (Å²) in [6.07, 6.45) is 6.56. The minimum atomic E-state index is -0.394. The lowest BCUT2D eigenvalue weighted by molar-refractivity contribution is -0.116. The van der Waals surface area contributed by atoms with Gasteiger partial charge in [0.05, 0.1) is 12.8 Å². The summed E-state index contributed by atoms with van der Waals surface area (Å²) < 4.78 is 4.73. The van der Waals surface area contributed by atoms with E-state index in [9.17, 15) is 9.59 Å². The summed E-state index contributed by atoms with van der Waals surface area (Å²) in [5, 5.41) is 4.73. The zero-order valence-corrected chi connectivity index (χ0v) is 12.8. The summed E-state index contributed by atoms with van der Waals surface area (Å²) in [7, 11) is 1.35. The predicted octanol–water partition coefficient (Wildman–Crippen LogP) is 3.75. The highest BCUT2D eigenvalue weighted by atomic mass is 32.1. The van der Waals surface area contributed by atoms with Crippen molar-refractivity contribution in [1.82, 2.24) is 0 Å². The Hall–Kier alpha value is -1.36. The second kappa shape index (κ2) is 6.88. The lowest BCUT2D eigenvalue weighted by Crippen LogP contribution is -2.15. The number of carbonyl (C=O) groups is 2. The molecule has 1 fully saturated rings. The number of methoxy groups -OCH3 is 1. The van der Waals surface area contributed by atoms with Crippen molar-refractivity contribution in [3.05, 3.63) is 15.8 Å². The first kappa shape index (κ1) is 15.0. The number of rotatable bonds is 5. The summed E-state index contributed by atoms with van der Waals surface area (Å²) in [6, 6.07) is 0. The number of thiophene rings is 1. The van der Waals surface area contributed by atoms with Gasteiger partial charge in [0.15, 0.2) is 0 Å². The fourth-order valence-electron chi connectivity index (χ4n) is 2.68. The van der Waals surface area contributed by atoms with Crippen LogP contribution in [-0.2, 0) is 9.53 Å². The van der Waals surface area contributed by atoms with E-state index in [0.717, 1.165) is 12.0 Å². The Labute approximate surface area is 123 Å². The normalized spacial score (nSPS) is 15.3. The Morgan fingerprint density at radius 2 is 2.10 bits per heavy atom. The fraction of sp³-hybridized carbons (Fsp3) is 0.600. The van der Waals surface area contributed by atoms with E-state index in [0.29, 0.717) is 22.9 Å². The number of hydrogen-bond donors (Lipinski definition) is 1. The molecule has 5 heteroatoms. The Morgan fingerprint density at radius 1 is 1.40 bits per heavy atom. The minimum absolute atomic E-state index is 0.0106. The van der Waals surface area contributed by atoms with Gasteiger partial charge >= 0.3 is 5.97 Å². The van der Waals surface area contributed by atoms with Crippen molar-refractivity contribution in [3.63, 3.8) is 0 Å². The monoisotopic (exact) mass is 295 g/mol. The highest BCUT2D eigenvalue weighted by molar-refractivity contribution is 7.12. The first-order valence-electron chi connectivity index (χ1n) is 7.08. The minimum Gasteiger partial charge on any atom is -0.465 e. The molecule has 0 atom stereocenters. The van der Waals surface area contributed by atoms with Crippen LogP contribution < -0.4 is 5.32 Å². The zero-order chi connectivity index (χ0) is 14.5. The van der Waals surface area contributed by atoms with Crippen molar-refractivity contribution in [3.8, 4) is 0 Å². The van der Waals surface area contributed by atoms with Crippen molar-refractivity contribution < 1.29 is 14.3 Å². The van der Waals surface area contributed by atoms with E-state index in [1.54, 1.807) is 0 Å². The van der Waals surface area contributed by atoms with Crippen molar-refractivity contribution in [2.24, 2.45) is 5.92 Å². The van der Waals surface area contributed by atoms with Crippen molar-refractivity contribution in [2.75, 3.05) is 12.4 Å². The van der Waals surface area contributed by atoms with E-state index in [2.05, 4.69) is 5.32 Å². The van der Waals surface area contributed by atoms with Gasteiger partial charge in [-0.3, -0.25) is 4.79 Å². The van der Waals surface area contributed by atoms with Gasteiger partial charge in [0.1, 0.15) is 4.88 Å². The van der Waals surface area contributed by atoms with Crippen LogP contribution in [0.5, 0.6) is 0 Å². The number of amides is 1. The number of aryl methyl sites for hydroxylation is 1. The third-order valence-corrected chi connectivity index (χ3v) is 4.94. The number of hydrogen-bond acceptors (Lipinski definition) is 4. The average Bonchev–Trinajstić information content (AvgIpc) is 3.07. The quantitative estimate of drug-likeness (QED) is 0.842. The Morgan fingerprint density at radius 3 is 2.75 bits per heavy atom. The SMILES string of the molecule is COC(=O)c1scc(C)c1NC(=O)CCC1CCCC1. The molecule has 0 unspecified atom stereocenters. The number of carbonyl (C=O) groups excluding carboxylic acids is 2. The molecule has 1 aromatic heterocycles. The van der Waals surface area contributed by atoms with Crippen LogP contribution in [0.4, 0.5) is 5.69 Å². The third kappa shape index (κ3) is 3.60. The predicted molar refractivity (Wildman–Crippen MR) is 80.2 cm³/mol. The largest absolute Gasteiger partial charge is 0.465 e. The molecule has 1 aliphatic carbocycles. The average molecular weight is 295 g/mol. The maximum atomic E-state index is 12.0. The highest BCUT2D eigenvalue weighted by Gasteiger charge is 2.20. The standard InChI is InChI=1S/C15H21NO3S/c1-10-9-20-14(15(18)19-2)13(10)16-12(17)8-7-11-5-3-4-6-11/h9,11H,3-8H2,1-2H3,(H,16,17). The van der Waals surface area contributed by atoms with E-state index in [1.165, 1.54) is 44.1 Å². The summed E-state index contributed by atoms with van der Waals surface area (Å²) in [5.41, 5.74) is 1.52. The first-order valence-corrected chi connectivity index (χ1v) is 7.96. The summed E-state index contributed by atoms with van der Waals surface area (Å²) in [4.78, 5) is 24.1. The third-order valence-electron chi connectivity index (χ3n) is 3.86. The topological polar surface area (TPSA) is 55.4 Å². The van der Waals surface area contributed by atoms with Crippen LogP contribution in [0.1, 0.15) is 53.8 Å². The number of esters is 1. The summed E-state index contributed by atoms with van der Waals surface area (Å²) >= 11 is 1.30. The molecule has 0 saturated heterocycles. The zero-order valence-electron chi connectivity index (χ0n) is 12.0. The second-order valence-corrected chi connectivity index (χ2v) is 6.23. The molecule has 0 spiro atoms. The Kier molecular flexibility index (Phi) is 5.17. The first-order chi connectivity index (χ1) is 9.61. The number of anilines is 1. The van der Waals surface area contributed by atoms with Crippen LogP contribution in [-0.4, -0.2) is 19.0 Å². The summed E-state index contributed by atoms with van der Waals surface area (Å²) in [5.74, 6) is 0.294. The van der Waals surface area contributed by atoms with E-state index < -0.39 is 5.97 Å². The molecule has 20 heavy (non-hydrogen) atoms. The molecular formula is C15H21NO3S. The van der Waals surface area contributed by atoms with Crippen LogP contribution >= 0.6 is 11.3 Å². The van der Waals surface area contributed by atoms with E-state index in [-0.39, 0.29) is 5.91 Å². The van der Waals surface area contributed by atoms with Crippen LogP contribution in [0.25, 0.3) is 0 Å². The second-order valence-electron chi connectivity index (χ2n) is 5.35. The lowest BCUT2D eigenvalue weighted by Gasteiger charge is -2.10. The van der Waals surface area contributed by atoms with E-state index in [4.69, 9.17) is 4.74 Å². The molecule has 4 nitrogen and oxygen atoms in total. The smallest absolute Gasteiger partial charge is 0.350 e. The van der Waals surface area contributed by atoms with Gasteiger partial charge in [-0.15, -0.1) is 11.3 Å². The molecule has 1 amide bonds. The van der Waals surface area contributed by atoms with Gasteiger partial charge in [0, 0.05) is 6.42 Å². The van der Waals surface area contributed by atoms with Gasteiger partial charge in [-0.05, 0) is 30.2 Å². The number of ether oxygens (including phenoxy) is 1. The molecule has 110 valence electrons. The molecule has 1 aromatic rings. The number of nitrogens with one attached hydrogen (secondary N) is 1. The maximum Gasteiger partial charge on any atom is 0.350 e. The van der Waals surface area contributed by atoms with Gasteiger partial charge in [-0.25, -0.2) is 4.79 Å². The van der Waals surface area contributed by atoms with Crippen LogP contribution in [0, 0.1) is 12.8 Å². The van der Waals surface area contributed by atoms with Crippen molar-refractivity contribution >= 4 is 28.9 Å². The molecule has 0 radical (unpaired) electrons. The van der Waals surface area contributed by atoms with Gasteiger partial charge in [0.2, 0.25) is 5.91 Å². The fourth-order valence-corrected chi connectivity index (χ4v) is 3.60. The maximum absolute atomic E-state index is 12.0. The van der Waals surface area contributed by atoms with Crippen LogP contribution in [0.15, 0.2) is 5.38 Å². The van der Waals surface area contributed by atoms with E-state index in [1.807, 2.05) is 12.3 Å². The molecular weight excluding hydrogens is 274 g/mol.